The fraction of sp³-hybridized carbons (Fsp3) is 0.0833. The van der Waals surface area contributed by atoms with E-state index in [0.717, 1.165) is 11.0 Å². The number of carboxylic acid groups (broad SMARTS) is 1. The number of nitrogens with one attached hydrogen (secondary N) is 2. The zero-order valence-corrected chi connectivity index (χ0v) is 9.75. The van der Waals surface area contributed by atoms with Crippen LogP contribution in [0.4, 0.5) is 0 Å². The molecule has 0 fully saturated rings. The lowest BCUT2D eigenvalue weighted by molar-refractivity contribution is -0.136. The van der Waals surface area contributed by atoms with E-state index in [0.29, 0.717) is 11.6 Å². The Hall–Kier alpha value is -2.83. The minimum absolute atomic E-state index is 0.234. The molecular formula is C12H10N4O3. The molecule has 0 amide bonds. The molecule has 19 heavy (non-hydrogen) atoms. The van der Waals surface area contributed by atoms with Gasteiger partial charge in [0.15, 0.2) is 0 Å². The molecule has 0 aliphatic carbocycles. The van der Waals surface area contributed by atoms with Gasteiger partial charge < -0.3 is 10.1 Å². The summed E-state index contributed by atoms with van der Waals surface area (Å²) in [6.45, 7) is 0. The maximum atomic E-state index is 11.8. The van der Waals surface area contributed by atoms with E-state index in [-0.39, 0.29) is 12.0 Å². The first-order valence-electron chi connectivity index (χ1n) is 5.61. The third kappa shape index (κ3) is 2.01. The summed E-state index contributed by atoms with van der Waals surface area (Å²) in [5.74, 6) is -0.666. The SMILES string of the molecule is O=C(O)Cc1cc(=O)n(-c2nc3ccccc3[nH]2)[nH]1. The number of fused-ring (bicyclic) bond motifs is 1. The second-order valence-electron chi connectivity index (χ2n) is 4.10. The highest BCUT2D eigenvalue weighted by atomic mass is 16.4. The van der Waals surface area contributed by atoms with Gasteiger partial charge in [-0.1, -0.05) is 12.1 Å². The van der Waals surface area contributed by atoms with E-state index >= 15 is 0 Å². The summed E-state index contributed by atoms with van der Waals surface area (Å²) in [6, 6.07) is 8.62. The van der Waals surface area contributed by atoms with Crippen molar-refractivity contribution in [3.05, 3.63) is 46.4 Å². The molecule has 0 bridgehead atoms. The van der Waals surface area contributed by atoms with Gasteiger partial charge in [0.05, 0.1) is 17.5 Å². The molecule has 96 valence electrons. The Morgan fingerprint density at radius 2 is 2.16 bits per heavy atom. The lowest BCUT2D eigenvalue weighted by atomic mass is 10.3. The minimum Gasteiger partial charge on any atom is -0.481 e. The van der Waals surface area contributed by atoms with Crippen LogP contribution in [0.3, 0.4) is 0 Å². The predicted molar refractivity (Wildman–Crippen MR) is 67.4 cm³/mol. The van der Waals surface area contributed by atoms with E-state index in [1.54, 1.807) is 0 Å². The molecule has 3 aromatic rings. The molecule has 2 aromatic heterocycles. The number of carbonyl (C=O) groups is 1. The first-order valence-corrected chi connectivity index (χ1v) is 5.61. The summed E-state index contributed by atoms with van der Waals surface area (Å²) in [4.78, 5) is 29.6. The number of aromatic nitrogens is 4. The van der Waals surface area contributed by atoms with Crippen LogP contribution in [0.5, 0.6) is 0 Å². The average molecular weight is 258 g/mol. The quantitative estimate of drug-likeness (QED) is 0.642. The molecule has 3 N–H and O–H groups in total. The van der Waals surface area contributed by atoms with Gasteiger partial charge in [-0.25, -0.2) is 4.98 Å². The molecule has 3 rings (SSSR count). The average Bonchev–Trinajstić information content (AvgIpc) is 2.91. The normalized spacial score (nSPS) is 10.9. The number of hydrogen-bond donors (Lipinski definition) is 3. The molecule has 7 heteroatoms. The molecule has 0 aliphatic rings. The summed E-state index contributed by atoms with van der Waals surface area (Å²) < 4.78 is 1.19. The van der Waals surface area contributed by atoms with Crippen molar-refractivity contribution in [3.63, 3.8) is 0 Å². The van der Waals surface area contributed by atoms with Crippen LogP contribution in [0.15, 0.2) is 35.1 Å². The van der Waals surface area contributed by atoms with E-state index < -0.39 is 5.97 Å². The van der Waals surface area contributed by atoms with E-state index in [1.165, 1.54) is 10.7 Å². The predicted octanol–water partition coefficient (Wildman–Crippen LogP) is 0.669. The Bertz CT molecular complexity index is 779. The summed E-state index contributed by atoms with van der Waals surface area (Å²) in [5.41, 5.74) is 1.52. The summed E-state index contributed by atoms with van der Waals surface area (Å²) in [7, 11) is 0. The van der Waals surface area contributed by atoms with Crippen LogP contribution in [-0.2, 0) is 11.2 Å². The van der Waals surface area contributed by atoms with Gasteiger partial charge in [0, 0.05) is 11.8 Å². The van der Waals surface area contributed by atoms with Crippen molar-refractivity contribution in [2.24, 2.45) is 0 Å². The first-order chi connectivity index (χ1) is 9.13. The summed E-state index contributed by atoms with van der Waals surface area (Å²) in [6.07, 6.45) is -0.234. The fourth-order valence-electron chi connectivity index (χ4n) is 1.90. The molecule has 0 radical (unpaired) electrons. The van der Waals surface area contributed by atoms with Crippen molar-refractivity contribution < 1.29 is 9.90 Å². The highest BCUT2D eigenvalue weighted by molar-refractivity contribution is 5.75. The topological polar surface area (TPSA) is 104 Å². The number of nitrogens with zero attached hydrogens (tertiary/aromatic N) is 2. The highest BCUT2D eigenvalue weighted by Gasteiger charge is 2.11. The third-order valence-corrected chi connectivity index (χ3v) is 2.70. The number of carboxylic acids is 1. The van der Waals surface area contributed by atoms with Gasteiger partial charge in [-0.2, -0.15) is 4.68 Å². The van der Waals surface area contributed by atoms with Crippen LogP contribution in [-0.4, -0.2) is 30.8 Å². The molecule has 0 spiro atoms. The van der Waals surface area contributed by atoms with E-state index in [2.05, 4.69) is 15.1 Å². The van der Waals surface area contributed by atoms with Crippen molar-refractivity contribution in [3.8, 4) is 5.95 Å². The molecule has 7 nitrogen and oxygen atoms in total. The zero-order valence-electron chi connectivity index (χ0n) is 9.75. The molecule has 0 aliphatic heterocycles. The van der Waals surface area contributed by atoms with Crippen LogP contribution >= 0.6 is 0 Å². The van der Waals surface area contributed by atoms with Crippen molar-refractivity contribution in [2.75, 3.05) is 0 Å². The van der Waals surface area contributed by atoms with Crippen LogP contribution in [0, 0.1) is 0 Å². The van der Waals surface area contributed by atoms with Crippen molar-refractivity contribution >= 4 is 17.0 Å². The highest BCUT2D eigenvalue weighted by Crippen LogP contribution is 2.11. The second kappa shape index (κ2) is 4.13. The molecular weight excluding hydrogens is 248 g/mol. The second-order valence-corrected chi connectivity index (χ2v) is 4.10. The molecule has 0 unspecified atom stereocenters. The molecule has 0 saturated heterocycles. The Morgan fingerprint density at radius 3 is 2.89 bits per heavy atom. The van der Waals surface area contributed by atoms with Gasteiger partial charge in [-0.05, 0) is 12.1 Å². The standard InChI is InChI=1S/C12H10N4O3/c17-10-5-7(6-11(18)19)15-16(10)12-13-8-3-1-2-4-9(8)14-12/h1-5,15H,6H2,(H,13,14)(H,18,19). The maximum absolute atomic E-state index is 11.8. The van der Waals surface area contributed by atoms with E-state index in [4.69, 9.17) is 5.11 Å². The third-order valence-electron chi connectivity index (χ3n) is 2.70. The molecule has 0 atom stereocenters. The number of imidazole rings is 1. The number of hydrogen-bond acceptors (Lipinski definition) is 3. The number of para-hydroxylation sites is 2. The minimum atomic E-state index is -1.00. The summed E-state index contributed by atoms with van der Waals surface area (Å²) >= 11 is 0. The van der Waals surface area contributed by atoms with Gasteiger partial charge in [-0.3, -0.25) is 14.7 Å². The van der Waals surface area contributed by atoms with Gasteiger partial charge in [-0.15, -0.1) is 0 Å². The number of benzene rings is 1. The Labute approximate surface area is 106 Å². The fourth-order valence-corrected chi connectivity index (χ4v) is 1.90. The van der Waals surface area contributed by atoms with Crippen molar-refractivity contribution in [1.82, 2.24) is 19.7 Å². The van der Waals surface area contributed by atoms with Gasteiger partial charge in [0.25, 0.3) is 5.56 Å². The maximum Gasteiger partial charge on any atom is 0.309 e. The zero-order chi connectivity index (χ0) is 13.4. The van der Waals surface area contributed by atoms with Gasteiger partial charge in [0.2, 0.25) is 5.95 Å². The van der Waals surface area contributed by atoms with Crippen molar-refractivity contribution in [2.45, 2.75) is 6.42 Å². The van der Waals surface area contributed by atoms with Crippen LogP contribution in [0.25, 0.3) is 17.0 Å². The van der Waals surface area contributed by atoms with Crippen LogP contribution in [0.2, 0.25) is 0 Å². The molecule has 2 heterocycles. The molecule has 0 saturated carbocycles. The Balaban J connectivity index is 2.08. The Kier molecular flexibility index (Phi) is 2.45. The number of H-pyrrole nitrogens is 2. The first kappa shape index (κ1) is 11.3. The van der Waals surface area contributed by atoms with E-state index in [9.17, 15) is 9.59 Å². The van der Waals surface area contributed by atoms with Crippen LogP contribution < -0.4 is 5.56 Å². The monoisotopic (exact) mass is 258 g/mol. The largest absolute Gasteiger partial charge is 0.481 e. The molecule has 1 aromatic carbocycles. The lowest BCUT2D eigenvalue weighted by Gasteiger charge is -1.95. The van der Waals surface area contributed by atoms with Crippen LogP contribution in [0.1, 0.15) is 5.69 Å². The van der Waals surface area contributed by atoms with Gasteiger partial charge in [0.1, 0.15) is 0 Å². The lowest BCUT2D eigenvalue weighted by Crippen LogP contribution is -2.14. The summed E-state index contributed by atoms with van der Waals surface area (Å²) in [5, 5.41) is 11.4. The van der Waals surface area contributed by atoms with Crippen molar-refractivity contribution in [1.29, 1.82) is 0 Å². The van der Waals surface area contributed by atoms with E-state index in [1.807, 2.05) is 24.3 Å². The number of aromatic amines is 2. The van der Waals surface area contributed by atoms with Gasteiger partial charge >= 0.3 is 5.97 Å². The Morgan fingerprint density at radius 1 is 1.37 bits per heavy atom. The number of rotatable bonds is 3. The smallest absolute Gasteiger partial charge is 0.309 e. The number of aliphatic carboxylic acids is 1.